The topological polar surface area (TPSA) is 95.5 Å². The minimum atomic E-state index is -3.64. The van der Waals surface area contributed by atoms with Crippen LogP contribution in [0.25, 0.3) is 0 Å². The van der Waals surface area contributed by atoms with E-state index in [1.165, 1.54) is 38.1 Å². The van der Waals surface area contributed by atoms with E-state index in [-0.39, 0.29) is 40.5 Å². The molecule has 146 valence electrons. The summed E-state index contributed by atoms with van der Waals surface area (Å²) in [5.74, 6) is -0.917. The van der Waals surface area contributed by atoms with Gasteiger partial charge in [0.15, 0.2) is 0 Å². The zero-order chi connectivity index (χ0) is 20.2. The molecular formula is C19H21ClNNaO5S. The van der Waals surface area contributed by atoms with E-state index < -0.39 is 21.6 Å². The van der Waals surface area contributed by atoms with Crippen molar-refractivity contribution in [3.63, 3.8) is 0 Å². The number of carboxylic acids is 1. The molecule has 0 radical (unpaired) electrons. The van der Waals surface area contributed by atoms with Crippen molar-refractivity contribution in [2.24, 2.45) is 0 Å². The second-order valence-corrected chi connectivity index (χ2v) is 8.87. The van der Waals surface area contributed by atoms with Crippen LogP contribution in [0.5, 0.6) is 5.75 Å². The number of halogens is 1. The molecule has 2 aromatic carbocycles. The number of rotatable bonds is 8. The van der Waals surface area contributed by atoms with Gasteiger partial charge in [-0.1, -0.05) is 23.7 Å². The van der Waals surface area contributed by atoms with E-state index in [0.717, 1.165) is 5.56 Å². The monoisotopic (exact) mass is 433 g/mol. The summed E-state index contributed by atoms with van der Waals surface area (Å²) in [7, 11) is -3.64. The number of carboxylic acid groups (broad SMARTS) is 1. The number of ether oxygens (including phenoxy) is 1. The number of hydrogen-bond acceptors (Lipinski definition) is 5. The van der Waals surface area contributed by atoms with Crippen molar-refractivity contribution < 1.29 is 52.6 Å². The van der Waals surface area contributed by atoms with Gasteiger partial charge in [-0.3, -0.25) is 0 Å². The number of benzene rings is 2. The van der Waals surface area contributed by atoms with Gasteiger partial charge >= 0.3 is 29.6 Å². The Kier molecular flexibility index (Phi) is 8.99. The largest absolute Gasteiger partial charge is 1.00 e. The van der Waals surface area contributed by atoms with Crippen LogP contribution in [0.2, 0.25) is 5.02 Å². The molecule has 0 heterocycles. The molecule has 0 aromatic heterocycles. The Morgan fingerprint density at radius 3 is 2.18 bits per heavy atom. The van der Waals surface area contributed by atoms with Crippen LogP contribution < -0.4 is 44.1 Å². The van der Waals surface area contributed by atoms with E-state index in [9.17, 15) is 18.3 Å². The summed E-state index contributed by atoms with van der Waals surface area (Å²) >= 11 is 5.78. The summed E-state index contributed by atoms with van der Waals surface area (Å²) < 4.78 is 32.8. The summed E-state index contributed by atoms with van der Waals surface area (Å²) in [4.78, 5) is 11.1. The van der Waals surface area contributed by atoms with Crippen LogP contribution in [-0.4, -0.2) is 26.0 Å². The number of carbonyl (C=O) groups is 1. The van der Waals surface area contributed by atoms with Gasteiger partial charge in [-0.2, -0.15) is 0 Å². The molecule has 0 aliphatic carbocycles. The zero-order valence-corrected chi connectivity index (χ0v) is 19.8. The van der Waals surface area contributed by atoms with Gasteiger partial charge in [0, 0.05) is 11.1 Å². The molecule has 0 saturated heterocycles. The average Bonchev–Trinajstić information content (AvgIpc) is 2.56. The molecule has 0 aliphatic rings. The molecule has 1 atom stereocenters. The fraction of sp³-hybridized carbons (Fsp3) is 0.316. The van der Waals surface area contributed by atoms with Crippen LogP contribution in [0.15, 0.2) is 53.4 Å². The molecule has 2 aromatic rings. The quantitative estimate of drug-likeness (QED) is 0.548. The molecule has 0 bridgehead atoms. The van der Waals surface area contributed by atoms with Gasteiger partial charge in [0.1, 0.15) is 11.4 Å². The zero-order valence-electron chi connectivity index (χ0n) is 16.2. The van der Waals surface area contributed by atoms with Crippen LogP contribution in [0.4, 0.5) is 0 Å². The third-order valence-electron chi connectivity index (χ3n) is 3.81. The van der Waals surface area contributed by atoms with Crippen LogP contribution in [-0.2, 0) is 21.2 Å². The fourth-order valence-corrected chi connectivity index (χ4v) is 3.74. The Bertz CT molecular complexity index is 899. The molecule has 0 amide bonds. The van der Waals surface area contributed by atoms with Crippen molar-refractivity contribution in [2.75, 3.05) is 0 Å². The molecule has 0 spiro atoms. The van der Waals surface area contributed by atoms with Crippen molar-refractivity contribution >= 4 is 27.6 Å². The van der Waals surface area contributed by atoms with Crippen molar-refractivity contribution in [3.05, 3.63) is 59.1 Å². The Hall–Kier alpha value is -1.09. The average molecular weight is 434 g/mol. The molecule has 1 unspecified atom stereocenters. The van der Waals surface area contributed by atoms with Gasteiger partial charge < -0.3 is 14.6 Å². The maximum atomic E-state index is 12.4. The van der Waals surface area contributed by atoms with E-state index >= 15 is 0 Å². The van der Waals surface area contributed by atoms with E-state index in [1.54, 1.807) is 31.2 Å². The summed E-state index contributed by atoms with van der Waals surface area (Å²) in [6, 6.07) is 12.4. The Labute approximate surface area is 192 Å². The van der Waals surface area contributed by atoms with Gasteiger partial charge in [-0.05, 0) is 69.2 Å². The molecule has 9 heteroatoms. The summed E-state index contributed by atoms with van der Waals surface area (Å²) in [6.45, 7) is 4.57. The van der Waals surface area contributed by atoms with Crippen LogP contribution >= 0.6 is 11.6 Å². The van der Waals surface area contributed by atoms with E-state index in [1.807, 2.05) is 0 Å². The number of nitrogens with one attached hydrogen (secondary N) is 1. The molecule has 28 heavy (non-hydrogen) atoms. The summed E-state index contributed by atoms with van der Waals surface area (Å²) in [6.07, 6.45) is 0.455. The number of hydrogen-bond donors (Lipinski definition) is 1. The van der Waals surface area contributed by atoms with Gasteiger partial charge in [0.25, 0.3) is 0 Å². The van der Waals surface area contributed by atoms with Crippen molar-refractivity contribution in [1.29, 1.82) is 0 Å². The van der Waals surface area contributed by atoms with Crippen molar-refractivity contribution in [1.82, 2.24) is 4.72 Å². The molecule has 0 fully saturated rings. The second kappa shape index (κ2) is 10.1. The molecule has 0 saturated carbocycles. The molecule has 6 nitrogen and oxygen atoms in total. The van der Waals surface area contributed by atoms with Crippen LogP contribution in [0, 0.1) is 0 Å². The van der Waals surface area contributed by atoms with E-state index in [4.69, 9.17) is 16.3 Å². The van der Waals surface area contributed by atoms with Crippen molar-refractivity contribution in [2.45, 2.75) is 43.7 Å². The smallest absolute Gasteiger partial charge is 0.546 e. The van der Waals surface area contributed by atoms with Crippen LogP contribution in [0.1, 0.15) is 26.3 Å². The minimum Gasteiger partial charge on any atom is -0.546 e. The number of aliphatic carboxylic acids is 1. The second-order valence-electron chi connectivity index (χ2n) is 6.72. The molecule has 1 N–H and O–H groups in total. The summed E-state index contributed by atoms with van der Waals surface area (Å²) in [5, 5.41) is 11.5. The maximum absolute atomic E-state index is 12.4. The standard InChI is InChI=1S/C19H22ClNO5S.Na/c1-13(21-27(24,25)17-10-6-15(20)7-11-17)12-14-4-8-16(9-5-14)26-19(2,3)18(22)23;/h4-11,13,21H,12H2,1-3H3,(H,22,23);/q;+1/p-1. The van der Waals surface area contributed by atoms with Crippen LogP contribution in [0.3, 0.4) is 0 Å². The van der Waals surface area contributed by atoms with E-state index in [0.29, 0.717) is 17.2 Å². The minimum absolute atomic E-state index is 0. The van der Waals surface area contributed by atoms with Gasteiger partial charge in [-0.15, -0.1) is 0 Å². The van der Waals surface area contributed by atoms with Gasteiger partial charge in [0.05, 0.1) is 10.9 Å². The van der Waals surface area contributed by atoms with E-state index in [2.05, 4.69) is 4.72 Å². The SMILES string of the molecule is CC(Cc1ccc(OC(C)(C)C(=O)[O-])cc1)NS(=O)(=O)c1ccc(Cl)cc1.[Na+]. The maximum Gasteiger partial charge on any atom is 1.00 e. The third kappa shape index (κ3) is 7.06. The first-order valence-electron chi connectivity index (χ1n) is 8.27. The Balaban J connectivity index is 0.00000392. The Morgan fingerprint density at radius 2 is 1.68 bits per heavy atom. The normalized spacial score (nSPS) is 12.7. The predicted molar refractivity (Wildman–Crippen MR) is 101 cm³/mol. The third-order valence-corrected chi connectivity index (χ3v) is 5.67. The predicted octanol–water partition coefficient (Wildman–Crippen LogP) is -0.839. The Morgan fingerprint density at radius 1 is 1.14 bits per heavy atom. The van der Waals surface area contributed by atoms with Crippen molar-refractivity contribution in [3.8, 4) is 5.75 Å². The van der Waals surface area contributed by atoms with Gasteiger partial charge in [-0.25, -0.2) is 13.1 Å². The van der Waals surface area contributed by atoms with Gasteiger partial charge in [0.2, 0.25) is 10.0 Å². The molecule has 2 rings (SSSR count). The first-order chi connectivity index (χ1) is 12.5. The molecular weight excluding hydrogens is 413 g/mol. The summed E-state index contributed by atoms with van der Waals surface area (Å²) in [5.41, 5.74) is -0.567. The number of sulfonamides is 1. The first-order valence-corrected chi connectivity index (χ1v) is 10.1. The molecule has 0 aliphatic heterocycles. The fourth-order valence-electron chi connectivity index (χ4n) is 2.37. The first kappa shape index (κ1) is 24.9. The number of carbonyl (C=O) groups excluding carboxylic acids is 1.